The minimum Gasteiger partial charge on any atom is -0.374 e. The van der Waals surface area contributed by atoms with E-state index in [1.54, 1.807) is 31.5 Å². The smallest absolute Gasteiger partial charge is 0.374 e. The molecular weight excluding hydrogens is 500 g/mol. The Morgan fingerprint density at radius 3 is 2.50 bits per heavy atom. The Bertz CT molecular complexity index is 1430. The predicted molar refractivity (Wildman–Crippen MR) is 123 cm³/mol. The lowest BCUT2D eigenvalue weighted by atomic mass is 10.0. The lowest BCUT2D eigenvalue weighted by molar-refractivity contribution is -0.145. The second-order valence-corrected chi connectivity index (χ2v) is 9.95. The summed E-state index contributed by atoms with van der Waals surface area (Å²) in [5.74, 6) is -1.73. The second-order valence-electron chi connectivity index (χ2n) is 8.71. The van der Waals surface area contributed by atoms with Crippen LogP contribution < -0.4 is 5.32 Å². The summed E-state index contributed by atoms with van der Waals surface area (Å²) in [5, 5.41) is 8.51. The van der Waals surface area contributed by atoms with Gasteiger partial charge in [-0.25, -0.2) is 19.3 Å². The first-order valence-corrected chi connectivity index (χ1v) is 11.7. The number of aromatic nitrogens is 5. The molecule has 1 unspecified atom stereocenters. The normalized spacial score (nSPS) is 16.1. The first kappa shape index (κ1) is 24.3. The van der Waals surface area contributed by atoms with Crippen LogP contribution in [0.25, 0.3) is 21.5 Å². The molecule has 0 spiro atoms. The molecule has 36 heavy (non-hydrogen) atoms. The standard InChI is InChI=1S/C23H20F4N6O2S/c1-12-5-28-20(36-12)16-3-14(4-18-17(16)8-31-33(18)9-22(24)10-35-11-22)19(34)32-13(2)15-6-29-21(30-7-15)23(25,26)27/h3-8,13H,9-11H2,1-2H3,(H,32,34). The van der Waals surface area contributed by atoms with E-state index >= 15 is 0 Å². The van der Waals surface area contributed by atoms with Crippen molar-refractivity contribution in [2.45, 2.75) is 38.3 Å². The summed E-state index contributed by atoms with van der Waals surface area (Å²) in [4.78, 5) is 25.3. The van der Waals surface area contributed by atoms with Gasteiger partial charge in [0.15, 0.2) is 5.67 Å². The molecule has 188 valence electrons. The monoisotopic (exact) mass is 520 g/mol. The second kappa shape index (κ2) is 8.89. The summed E-state index contributed by atoms with van der Waals surface area (Å²) in [5.41, 5.74) is 0.268. The summed E-state index contributed by atoms with van der Waals surface area (Å²) < 4.78 is 59.6. The molecule has 0 radical (unpaired) electrons. The number of hydrogen-bond donors (Lipinski definition) is 1. The number of rotatable bonds is 6. The van der Waals surface area contributed by atoms with Crippen molar-refractivity contribution in [1.29, 1.82) is 0 Å². The Kier molecular flexibility index (Phi) is 5.99. The Labute approximate surface area is 206 Å². The third-order valence-electron chi connectivity index (χ3n) is 5.80. The predicted octanol–water partition coefficient (Wildman–Crippen LogP) is 4.51. The lowest BCUT2D eigenvalue weighted by Gasteiger charge is -2.33. The van der Waals surface area contributed by atoms with Crippen molar-refractivity contribution in [3.05, 3.63) is 58.7 Å². The first-order valence-electron chi connectivity index (χ1n) is 10.9. The highest BCUT2D eigenvalue weighted by molar-refractivity contribution is 7.15. The summed E-state index contributed by atoms with van der Waals surface area (Å²) >= 11 is 1.45. The van der Waals surface area contributed by atoms with Gasteiger partial charge in [0.05, 0.1) is 37.5 Å². The lowest BCUT2D eigenvalue weighted by Crippen LogP contribution is -2.48. The van der Waals surface area contributed by atoms with E-state index in [0.29, 0.717) is 27.0 Å². The molecule has 0 aliphatic carbocycles. The molecule has 1 amide bonds. The Morgan fingerprint density at radius 2 is 1.92 bits per heavy atom. The van der Waals surface area contributed by atoms with Crippen LogP contribution in [-0.4, -0.2) is 49.5 Å². The van der Waals surface area contributed by atoms with Crippen molar-refractivity contribution in [2.75, 3.05) is 13.2 Å². The zero-order valence-corrected chi connectivity index (χ0v) is 20.0. The maximum absolute atomic E-state index is 14.8. The van der Waals surface area contributed by atoms with Crippen LogP contribution in [0.3, 0.4) is 0 Å². The zero-order chi connectivity index (χ0) is 25.7. The number of carbonyl (C=O) groups is 1. The minimum atomic E-state index is -4.66. The summed E-state index contributed by atoms with van der Waals surface area (Å²) in [6, 6.07) is 2.61. The van der Waals surface area contributed by atoms with Gasteiger partial charge in [-0.15, -0.1) is 11.3 Å². The highest BCUT2D eigenvalue weighted by atomic mass is 32.1. The number of fused-ring (bicyclic) bond motifs is 1. The number of amides is 1. The van der Waals surface area contributed by atoms with Gasteiger partial charge in [-0.3, -0.25) is 9.48 Å². The molecule has 4 aromatic rings. The van der Waals surface area contributed by atoms with Crippen LogP contribution in [0.5, 0.6) is 0 Å². The number of ether oxygens (including phenoxy) is 1. The summed E-state index contributed by atoms with van der Waals surface area (Å²) in [7, 11) is 0. The molecule has 13 heteroatoms. The van der Waals surface area contributed by atoms with Crippen molar-refractivity contribution in [3.63, 3.8) is 0 Å². The Morgan fingerprint density at radius 1 is 1.19 bits per heavy atom. The number of alkyl halides is 4. The minimum absolute atomic E-state index is 0.0280. The average molecular weight is 521 g/mol. The van der Waals surface area contributed by atoms with Gasteiger partial charge in [0.1, 0.15) is 5.01 Å². The topological polar surface area (TPSA) is 94.8 Å². The maximum atomic E-state index is 14.8. The molecule has 1 saturated heterocycles. The molecule has 1 aliphatic heterocycles. The fraction of sp³-hybridized carbons (Fsp3) is 0.348. The van der Waals surface area contributed by atoms with Crippen LogP contribution >= 0.6 is 11.3 Å². The molecular formula is C23H20F4N6O2S. The highest BCUT2D eigenvalue weighted by Gasteiger charge is 2.40. The molecule has 1 aromatic carbocycles. The molecule has 5 rings (SSSR count). The van der Waals surface area contributed by atoms with Crippen molar-refractivity contribution in [1.82, 2.24) is 30.0 Å². The quantitative estimate of drug-likeness (QED) is 0.376. The van der Waals surface area contributed by atoms with E-state index in [9.17, 15) is 22.4 Å². The number of aryl methyl sites for hydroxylation is 1. The highest BCUT2D eigenvalue weighted by Crippen LogP contribution is 2.34. The third-order valence-corrected chi connectivity index (χ3v) is 6.75. The van der Waals surface area contributed by atoms with Crippen molar-refractivity contribution in [3.8, 4) is 10.6 Å². The number of hydrogen-bond acceptors (Lipinski definition) is 7. The Hall–Kier alpha value is -3.45. The van der Waals surface area contributed by atoms with Crippen molar-refractivity contribution >= 4 is 28.1 Å². The number of nitrogens with one attached hydrogen (secondary N) is 1. The molecule has 1 N–H and O–H groups in total. The Balaban J connectivity index is 1.48. The van der Waals surface area contributed by atoms with E-state index in [0.717, 1.165) is 17.3 Å². The van der Waals surface area contributed by atoms with E-state index < -0.39 is 29.6 Å². The van der Waals surface area contributed by atoms with Gasteiger partial charge in [0.2, 0.25) is 5.82 Å². The molecule has 1 aliphatic rings. The number of nitrogens with zero attached hydrogens (tertiary/aromatic N) is 5. The maximum Gasteiger partial charge on any atom is 0.451 e. The van der Waals surface area contributed by atoms with Crippen LogP contribution in [0.1, 0.15) is 39.6 Å². The van der Waals surface area contributed by atoms with Crippen LogP contribution in [0.2, 0.25) is 0 Å². The first-order chi connectivity index (χ1) is 17.0. The molecule has 1 atom stereocenters. The van der Waals surface area contributed by atoms with E-state index in [1.807, 2.05) is 6.92 Å². The van der Waals surface area contributed by atoms with Gasteiger partial charge in [-0.05, 0) is 26.0 Å². The van der Waals surface area contributed by atoms with Gasteiger partial charge >= 0.3 is 6.18 Å². The van der Waals surface area contributed by atoms with Crippen LogP contribution in [-0.2, 0) is 17.5 Å². The number of thiazole rings is 1. The van der Waals surface area contributed by atoms with E-state index in [1.165, 1.54) is 16.0 Å². The van der Waals surface area contributed by atoms with Crippen LogP contribution in [0.4, 0.5) is 17.6 Å². The largest absolute Gasteiger partial charge is 0.451 e. The van der Waals surface area contributed by atoms with Gasteiger partial charge in [0, 0.05) is 45.5 Å². The zero-order valence-electron chi connectivity index (χ0n) is 19.1. The van der Waals surface area contributed by atoms with E-state index in [4.69, 9.17) is 4.74 Å². The average Bonchev–Trinajstić information content (AvgIpc) is 3.43. The van der Waals surface area contributed by atoms with Gasteiger partial charge < -0.3 is 10.1 Å². The third kappa shape index (κ3) is 4.67. The number of carbonyl (C=O) groups excluding carboxylic acids is 1. The summed E-state index contributed by atoms with van der Waals surface area (Å²) in [6.07, 6.45) is 0.748. The van der Waals surface area contributed by atoms with Crippen LogP contribution in [0, 0.1) is 6.92 Å². The van der Waals surface area contributed by atoms with E-state index in [2.05, 4.69) is 25.4 Å². The van der Waals surface area contributed by atoms with Crippen molar-refractivity contribution < 1.29 is 27.1 Å². The van der Waals surface area contributed by atoms with Crippen LogP contribution in [0.15, 0.2) is 36.9 Å². The molecule has 8 nitrogen and oxygen atoms in total. The van der Waals surface area contributed by atoms with E-state index in [-0.39, 0.29) is 25.3 Å². The number of halogens is 4. The molecule has 1 fully saturated rings. The molecule has 0 saturated carbocycles. The van der Waals surface area contributed by atoms with Crippen molar-refractivity contribution in [2.24, 2.45) is 0 Å². The van der Waals surface area contributed by atoms with Gasteiger partial charge in [0.25, 0.3) is 5.91 Å². The fourth-order valence-electron chi connectivity index (χ4n) is 3.84. The molecule has 3 aromatic heterocycles. The molecule has 4 heterocycles. The fourth-order valence-corrected chi connectivity index (χ4v) is 4.64. The number of benzene rings is 1. The SMILES string of the molecule is Cc1cnc(-c2cc(C(=O)NC(C)c3cnc(C(F)(F)F)nc3)cc3c2cnn3CC2(F)COC2)s1. The summed E-state index contributed by atoms with van der Waals surface area (Å²) in [6.45, 7) is 3.44. The van der Waals surface area contributed by atoms with Gasteiger partial charge in [-0.1, -0.05) is 0 Å². The van der Waals surface area contributed by atoms with Gasteiger partial charge in [-0.2, -0.15) is 18.3 Å². The molecule has 0 bridgehead atoms.